The molecule has 6 nitrogen and oxygen atoms in total. The zero-order valence-electron chi connectivity index (χ0n) is 13.7. The second kappa shape index (κ2) is 9.29. The molecule has 1 amide bonds. The van der Waals surface area contributed by atoms with Gasteiger partial charge >= 0.3 is 12.1 Å². The van der Waals surface area contributed by atoms with Gasteiger partial charge in [0.1, 0.15) is 24.4 Å². The number of carbonyl (C=O) groups excluding carboxylic acids is 2. The summed E-state index contributed by atoms with van der Waals surface area (Å²) in [6.07, 6.45) is 7.15. The smallest absolute Gasteiger partial charge is 0.408 e. The number of ether oxygens (including phenoxy) is 3. The molecular weight excluding hydrogens is 318 g/mol. The predicted molar refractivity (Wildman–Crippen MR) is 90.2 cm³/mol. The van der Waals surface area contributed by atoms with Gasteiger partial charge in [-0.05, 0) is 51.4 Å². The number of alkyl carbamates (subject to hydrolysis) is 1. The molecular formula is C16H23NO5S. The highest BCUT2D eigenvalue weighted by Gasteiger charge is 2.26. The SMILES string of the molecule is CC(C)(C)OC(=O)NC(COC=S)C(=O)OCC1=CCCC=C1. The van der Waals surface area contributed by atoms with Crippen molar-refractivity contribution in [3.8, 4) is 0 Å². The third-order valence-corrected chi connectivity index (χ3v) is 2.90. The van der Waals surface area contributed by atoms with Crippen molar-refractivity contribution in [2.75, 3.05) is 13.2 Å². The molecule has 0 aromatic heterocycles. The van der Waals surface area contributed by atoms with E-state index in [2.05, 4.69) is 17.5 Å². The second-order valence-electron chi connectivity index (χ2n) is 5.99. The number of nitrogens with one attached hydrogen (secondary N) is 1. The van der Waals surface area contributed by atoms with Gasteiger partial charge in [0.25, 0.3) is 0 Å². The molecule has 0 bridgehead atoms. The lowest BCUT2D eigenvalue weighted by molar-refractivity contribution is -0.146. The zero-order valence-corrected chi connectivity index (χ0v) is 14.5. The minimum Gasteiger partial charge on any atom is -0.487 e. The van der Waals surface area contributed by atoms with E-state index in [0.717, 1.165) is 24.0 Å². The van der Waals surface area contributed by atoms with Crippen LogP contribution in [-0.2, 0) is 19.0 Å². The van der Waals surface area contributed by atoms with Crippen molar-refractivity contribution >= 4 is 29.8 Å². The molecule has 0 aliphatic heterocycles. The Bertz CT molecular complexity index is 493. The Morgan fingerprint density at radius 1 is 1.39 bits per heavy atom. The summed E-state index contributed by atoms with van der Waals surface area (Å²) in [6, 6.07) is -0.989. The largest absolute Gasteiger partial charge is 0.487 e. The monoisotopic (exact) mass is 341 g/mol. The summed E-state index contributed by atoms with van der Waals surface area (Å²) in [4.78, 5) is 23.9. The van der Waals surface area contributed by atoms with Crippen molar-refractivity contribution in [1.82, 2.24) is 5.32 Å². The van der Waals surface area contributed by atoms with Gasteiger partial charge in [0.15, 0.2) is 6.04 Å². The quantitative estimate of drug-likeness (QED) is 0.567. The molecule has 0 aromatic carbocycles. The maximum atomic E-state index is 12.1. The fourth-order valence-corrected chi connectivity index (χ4v) is 1.86. The first-order chi connectivity index (χ1) is 10.8. The highest BCUT2D eigenvalue weighted by atomic mass is 32.1. The molecule has 0 aromatic rings. The van der Waals surface area contributed by atoms with Gasteiger partial charge in [-0.1, -0.05) is 18.2 Å². The Labute approximate surface area is 141 Å². The molecule has 0 saturated heterocycles. The lowest BCUT2D eigenvalue weighted by Gasteiger charge is -2.22. The molecule has 1 rings (SSSR count). The summed E-state index contributed by atoms with van der Waals surface area (Å²) in [6.45, 7) is 5.23. The van der Waals surface area contributed by atoms with Crippen LogP contribution < -0.4 is 5.32 Å². The molecule has 0 spiro atoms. The summed E-state index contributed by atoms with van der Waals surface area (Å²) >= 11 is 4.56. The number of amides is 1. The van der Waals surface area contributed by atoms with E-state index in [1.165, 1.54) is 0 Å². The summed E-state index contributed by atoms with van der Waals surface area (Å²) in [5, 5.41) is 2.43. The van der Waals surface area contributed by atoms with Crippen molar-refractivity contribution < 1.29 is 23.8 Å². The average Bonchev–Trinajstić information content (AvgIpc) is 2.48. The third-order valence-electron chi connectivity index (χ3n) is 2.76. The van der Waals surface area contributed by atoms with Gasteiger partial charge in [0.05, 0.1) is 0 Å². The van der Waals surface area contributed by atoms with Gasteiger partial charge < -0.3 is 19.5 Å². The highest BCUT2D eigenvalue weighted by molar-refractivity contribution is 7.78. The van der Waals surface area contributed by atoms with Crippen LogP contribution in [0.25, 0.3) is 0 Å². The number of rotatable bonds is 7. The molecule has 0 saturated carbocycles. The van der Waals surface area contributed by atoms with Gasteiger partial charge in [0, 0.05) is 0 Å². The van der Waals surface area contributed by atoms with Crippen LogP contribution >= 0.6 is 12.2 Å². The van der Waals surface area contributed by atoms with Gasteiger partial charge in [-0.2, -0.15) is 0 Å². The van der Waals surface area contributed by atoms with E-state index in [9.17, 15) is 9.59 Å². The lowest BCUT2D eigenvalue weighted by Crippen LogP contribution is -2.46. The van der Waals surface area contributed by atoms with E-state index in [4.69, 9.17) is 14.2 Å². The first-order valence-corrected chi connectivity index (χ1v) is 7.86. The molecule has 1 unspecified atom stereocenters. The normalized spacial score (nSPS) is 15.2. The van der Waals surface area contributed by atoms with Crippen molar-refractivity contribution in [2.24, 2.45) is 0 Å². The van der Waals surface area contributed by atoms with E-state index >= 15 is 0 Å². The first-order valence-electron chi connectivity index (χ1n) is 7.39. The summed E-state index contributed by atoms with van der Waals surface area (Å²) in [5.74, 6) is -0.604. The van der Waals surface area contributed by atoms with Crippen molar-refractivity contribution in [3.05, 3.63) is 23.8 Å². The van der Waals surface area contributed by atoms with Crippen molar-refractivity contribution in [1.29, 1.82) is 0 Å². The Balaban J connectivity index is 2.55. The van der Waals surface area contributed by atoms with Crippen LogP contribution in [0.15, 0.2) is 23.8 Å². The second-order valence-corrected chi connectivity index (χ2v) is 6.19. The Hall–Kier alpha value is -1.89. The van der Waals surface area contributed by atoms with Gasteiger partial charge in [-0.3, -0.25) is 0 Å². The highest BCUT2D eigenvalue weighted by Crippen LogP contribution is 2.10. The third kappa shape index (κ3) is 8.35. The van der Waals surface area contributed by atoms with E-state index in [-0.39, 0.29) is 13.2 Å². The molecule has 0 heterocycles. The fraction of sp³-hybridized carbons (Fsp3) is 0.562. The van der Waals surface area contributed by atoms with E-state index in [1.807, 2.05) is 18.2 Å². The molecule has 1 N–H and O–H groups in total. The number of hydrogen-bond donors (Lipinski definition) is 1. The maximum Gasteiger partial charge on any atom is 0.408 e. The predicted octanol–water partition coefficient (Wildman–Crippen LogP) is 2.67. The number of hydrogen-bond acceptors (Lipinski definition) is 6. The number of allylic oxidation sites excluding steroid dienone is 2. The Morgan fingerprint density at radius 3 is 2.70 bits per heavy atom. The Kier molecular flexibility index (Phi) is 7.74. The number of thiocarbonyl (C=S) groups is 1. The van der Waals surface area contributed by atoms with Crippen molar-refractivity contribution in [3.63, 3.8) is 0 Å². The standard InChI is InChI=1S/C16H23NO5S/c1-16(2,3)22-15(19)17-13(10-20-11-23)14(18)21-9-12-7-5-4-6-8-12/h5,7-8,11,13H,4,6,9-10H2,1-3H3,(H,17,19). The molecule has 0 fully saturated rings. The minimum atomic E-state index is -0.989. The topological polar surface area (TPSA) is 73.9 Å². The molecule has 7 heteroatoms. The lowest BCUT2D eigenvalue weighted by atomic mass is 10.1. The van der Waals surface area contributed by atoms with Crippen LogP contribution in [0, 0.1) is 0 Å². The van der Waals surface area contributed by atoms with Gasteiger partial charge in [-0.25, -0.2) is 9.59 Å². The summed E-state index contributed by atoms with van der Waals surface area (Å²) < 4.78 is 15.3. The summed E-state index contributed by atoms with van der Waals surface area (Å²) in [7, 11) is 0. The van der Waals surface area contributed by atoms with Crippen LogP contribution in [0.5, 0.6) is 0 Å². The maximum absolute atomic E-state index is 12.1. The van der Waals surface area contributed by atoms with Gasteiger partial charge in [-0.15, -0.1) is 0 Å². The van der Waals surface area contributed by atoms with Crippen molar-refractivity contribution in [2.45, 2.75) is 45.3 Å². The fourth-order valence-electron chi connectivity index (χ4n) is 1.78. The molecule has 1 aliphatic rings. The van der Waals surface area contributed by atoms with E-state index in [0.29, 0.717) is 0 Å². The zero-order chi connectivity index (χ0) is 17.3. The van der Waals surface area contributed by atoms with Crippen LogP contribution in [0.4, 0.5) is 4.79 Å². The van der Waals surface area contributed by atoms with E-state index < -0.39 is 23.7 Å². The first kappa shape index (κ1) is 19.2. The number of carbonyl (C=O) groups is 2. The molecule has 1 aliphatic carbocycles. The van der Waals surface area contributed by atoms with Crippen LogP contribution in [0.2, 0.25) is 0 Å². The average molecular weight is 341 g/mol. The van der Waals surface area contributed by atoms with Gasteiger partial charge in [0.2, 0.25) is 0 Å². The molecule has 0 radical (unpaired) electrons. The van der Waals surface area contributed by atoms with E-state index in [1.54, 1.807) is 20.8 Å². The van der Waals surface area contributed by atoms with Crippen LogP contribution in [0.3, 0.4) is 0 Å². The minimum absolute atomic E-state index is 0.115. The molecule has 128 valence electrons. The molecule has 1 atom stereocenters. The Morgan fingerprint density at radius 2 is 2.13 bits per heavy atom. The van der Waals surface area contributed by atoms with Crippen LogP contribution in [-0.4, -0.2) is 42.5 Å². The van der Waals surface area contributed by atoms with Crippen LogP contribution in [0.1, 0.15) is 33.6 Å². The number of esters is 1. The molecule has 23 heavy (non-hydrogen) atoms. The summed E-state index contributed by atoms with van der Waals surface area (Å²) in [5.41, 5.74) is 1.29.